The van der Waals surface area contributed by atoms with E-state index in [1.165, 1.54) is 12.8 Å². The van der Waals surface area contributed by atoms with E-state index >= 15 is 0 Å². The van der Waals surface area contributed by atoms with Crippen LogP contribution in [0.3, 0.4) is 0 Å². The zero-order valence-electron chi connectivity index (χ0n) is 17.3. The Labute approximate surface area is 177 Å². The van der Waals surface area contributed by atoms with Crippen molar-refractivity contribution < 1.29 is 9.53 Å². The van der Waals surface area contributed by atoms with Crippen LogP contribution in [0, 0.1) is 10.3 Å². The summed E-state index contributed by atoms with van der Waals surface area (Å²) >= 11 is 6.21. The van der Waals surface area contributed by atoms with Gasteiger partial charge in [0.15, 0.2) is 0 Å². The number of allylic oxidation sites excluding steroid dienone is 1. The number of amides is 1. The maximum atomic E-state index is 11.3. The average molecular weight is 418 g/mol. The van der Waals surface area contributed by atoms with Gasteiger partial charge in [0.05, 0.1) is 19.7 Å². The van der Waals surface area contributed by atoms with Crippen LogP contribution in [0.15, 0.2) is 52.8 Å². The van der Waals surface area contributed by atoms with Crippen molar-refractivity contribution in [1.82, 2.24) is 5.01 Å². The van der Waals surface area contributed by atoms with Gasteiger partial charge in [0, 0.05) is 38.9 Å². The predicted molar refractivity (Wildman–Crippen MR) is 117 cm³/mol. The molecule has 0 bridgehead atoms. The Balaban J connectivity index is 2.12. The number of hydrogen-bond acceptors (Lipinski definition) is 5. The topological polar surface area (TPSA) is 71.3 Å². The molecule has 29 heavy (non-hydrogen) atoms. The molecule has 0 aromatic heterocycles. The minimum atomic E-state index is -0.758. The summed E-state index contributed by atoms with van der Waals surface area (Å²) < 4.78 is 6.07. The summed E-state index contributed by atoms with van der Waals surface area (Å²) in [6.07, 6.45) is 6.25. The highest BCUT2D eigenvalue weighted by molar-refractivity contribution is 6.30. The molecule has 156 valence electrons. The number of hydrogen-bond donors (Lipinski definition) is 0. The number of carbonyl (C=O) groups is 1. The van der Waals surface area contributed by atoms with E-state index in [2.05, 4.69) is 23.8 Å². The quantitative estimate of drug-likeness (QED) is 0.156. The lowest BCUT2D eigenvalue weighted by Gasteiger charge is -2.21. The molecule has 1 aliphatic rings. The number of nitroso groups, excluding NO2 is 1. The molecule has 7 heteroatoms. The van der Waals surface area contributed by atoms with Crippen LogP contribution in [-0.2, 0) is 11.3 Å². The lowest BCUT2D eigenvalue weighted by atomic mass is 10.1. The van der Waals surface area contributed by atoms with Gasteiger partial charge in [-0.15, -0.1) is 11.5 Å². The Kier molecular flexibility index (Phi) is 8.14. The Bertz CT molecular complexity index is 829. The summed E-state index contributed by atoms with van der Waals surface area (Å²) in [5.74, 6) is 0.0497. The zero-order chi connectivity index (χ0) is 21.4. The number of benzene rings is 1. The largest absolute Gasteiger partial charge is 0.493 e. The van der Waals surface area contributed by atoms with E-state index in [0.29, 0.717) is 36.7 Å². The number of rotatable bonds is 11. The first kappa shape index (κ1) is 22.8. The molecule has 0 radical (unpaired) electrons. The van der Waals surface area contributed by atoms with Crippen molar-refractivity contribution in [3.8, 4) is 5.75 Å². The van der Waals surface area contributed by atoms with Crippen LogP contribution in [-0.4, -0.2) is 29.8 Å². The third-order valence-corrected chi connectivity index (χ3v) is 5.07. The molecule has 1 aliphatic carbocycles. The summed E-state index contributed by atoms with van der Waals surface area (Å²) in [5, 5.41) is 9.55. The summed E-state index contributed by atoms with van der Waals surface area (Å²) in [5.41, 5.74) is 2.33. The number of nitrogens with zero attached hydrogens (tertiary/aromatic N) is 3. The molecule has 1 amide bonds. The fourth-order valence-electron chi connectivity index (χ4n) is 2.65. The van der Waals surface area contributed by atoms with Gasteiger partial charge in [0.25, 0.3) is 0 Å². The first-order valence-corrected chi connectivity index (χ1v) is 10.00. The predicted octanol–water partition coefficient (Wildman–Crippen LogP) is 5.51. The van der Waals surface area contributed by atoms with Gasteiger partial charge in [0.1, 0.15) is 5.75 Å². The molecule has 0 spiro atoms. The van der Waals surface area contributed by atoms with Gasteiger partial charge in [-0.25, -0.2) is 0 Å². The Hall–Kier alpha value is -2.47. The fourth-order valence-corrected chi connectivity index (χ4v) is 2.85. The summed E-state index contributed by atoms with van der Waals surface area (Å²) in [4.78, 5) is 21.6. The van der Waals surface area contributed by atoms with E-state index in [-0.39, 0.29) is 5.41 Å². The maximum Gasteiger partial charge on any atom is 0.312 e. The molecule has 0 saturated heterocycles. The second-order valence-electron chi connectivity index (χ2n) is 7.81. The van der Waals surface area contributed by atoms with E-state index in [1.807, 2.05) is 30.1 Å². The molecule has 0 unspecified atom stereocenters. The third kappa shape index (κ3) is 7.46. The first-order chi connectivity index (χ1) is 13.8. The average Bonchev–Trinajstić information content (AvgIpc) is 3.42. The second-order valence-corrected chi connectivity index (χ2v) is 8.25. The summed E-state index contributed by atoms with van der Waals surface area (Å²) in [6, 6.07) is 5.62. The van der Waals surface area contributed by atoms with Gasteiger partial charge in [-0.2, -0.15) is 5.10 Å². The van der Waals surface area contributed by atoms with E-state index < -0.39 is 5.91 Å². The minimum Gasteiger partial charge on any atom is -0.493 e. The van der Waals surface area contributed by atoms with Gasteiger partial charge in [-0.1, -0.05) is 30.7 Å². The molecular formula is C22H28ClN3O3. The zero-order valence-corrected chi connectivity index (χ0v) is 18.0. The fraction of sp³-hybridized carbons (Fsp3) is 0.455. The number of ether oxygens (including phenoxy) is 1. The van der Waals surface area contributed by atoms with Crippen LogP contribution in [0.1, 0.15) is 45.6 Å². The van der Waals surface area contributed by atoms with E-state index in [9.17, 15) is 9.70 Å². The molecule has 1 aromatic rings. The highest BCUT2D eigenvalue weighted by Crippen LogP contribution is 2.45. The Morgan fingerprint density at radius 1 is 1.38 bits per heavy atom. The third-order valence-electron chi connectivity index (χ3n) is 4.83. The first-order valence-electron chi connectivity index (χ1n) is 9.62. The van der Waals surface area contributed by atoms with E-state index in [4.69, 9.17) is 16.3 Å². The molecule has 0 heterocycles. The highest BCUT2D eigenvalue weighted by atomic mass is 35.5. The van der Waals surface area contributed by atoms with Crippen LogP contribution in [0.2, 0.25) is 5.02 Å². The van der Waals surface area contributed by atoms with Crippen molar-refractivity contribution in [3.05, 3.63) is 58.0 Å². The van der Waals surface area contributed by atoms with Crippen molar-refractivity contribution in [2.24, 2.45) is 15.7 Å². The van der Waals surface area contributed by atoms with Gasteiger partial charge in [-0.05, 0) is 44.9 Å². The molecule has 0 N–H and O–H groups in total. The van der Waals surface area contributed by atoms with Crippen molar-refractivity contribution in [3.63, 3.8) is 0 Å². The standard InChI is InChI=1S/C22H28ClN3O3/c1-5-12-26(24-17(3)7-6-16(2)21(27)25-28)14-18-13-19(23)8-9-20(18)29-15-22(4)10-11-22/h5-6,8-9,13H,1,7,10-12,14-15H2,2-4H3/b16-6+,24-17-. The molecule has 2 rings (SSSR count). The molecule has 0 atom stereocenters. The van der Waals surface area contributed by atoms with Gasteiger partial charge >= 0.3 is 5.91 Å². The second kappa shape index (κ2) is 10.3. The molecule has 1 saturated carbocycles. The van der Waals surface area contributed by atoms with E-state index in [1.54, 1.807) is 19.1 Å². The Morgan fingerprint density at radius 3 is 2.72 bits per heavy atom. The van der Waals surface area contributed by atoms with Crippen LogP contribution >= 0.6 is 11.6 Å². The van der Waals surface area contributed by atoms with Crippen molar-refractivity contribution in [2.75, 3.05) is 13.2 Å². The van der Waals surface area contributed by atoms with E-state index in [0.717, 1.165) is 17.0 Å². The minimum absolute atomic E-state index is 0.282. The maximum absolute atomic E-state index is 11.3. The van der Waals surface area contributed by atoms with Crippen LogP contribution in [0.25, 0.3) is 0 Å². The molecule has 0 aliphatic heterocycles. The molecule has 1 fully saturated rings. The van der Waals surface area contributed by atoms with Gasteiger partial charge < -0.3 is 4.74 Å². The molecule has 1 aromatic carbocycles. The van der Waals surface area contributed by atoms with Crippen molar-refractivity contribution >= 4 is 23.2 Å². The van der Waals surface area contributed by atoms with Crippen LogP contribution in [0.5, 0.6) is 5.75 Å². The SMILES string of the molecule is C=CCN(Cc1cc(Cl)ccc1OCC1(C)CC1)/N=C(/C)C/C=C(\C)C(=O)N=O. The number of halogens is 1. The number of carbonyl (C=O) groups excluding carboxylic acids is 1. The molecule has 6 nitrogen and oxygen atoms in total. The normalized spacial score (nSPS) is 15.6. The van der Waals surface area contributed by atoms with Gasteiger partial charge in [0.2, 0.25) is 0 Å². The lowest BCUT2D eigenvalue weighted by molar-refractivity contribution is -0.114. The monoisotopic (exact) mass is 417 g/mol. The summed E-state index contributed by atoms with van der Waals surface area (Å²) in [7, 11) is 0. The molecular weight excluding hydrogens is 390 g/mol. The van der Waals surface area contributed by atoms with Crippen LogP contribution in [0.4, 0.5) is 0 Å². The number of hydrazone groups is 1. The van der Waals surface area contributed by atoms with Crippen molar-refractivity contribution in [1.29, 1.82) is 0 Å². The smallest absolute Gasteiger partial charge is 0.312 e. The van der Waals surface area contributed by atoms with Crippen LogP contribution < -0.4 is 4.74 Å². The van der Waals surface area contributed by atoms with Gasteiger partial charge in [-0.3, -0.25) is 9.80 Å². The summed E-state index contributed by atoms with van der Waals surface area (Å²) in [6.45, 7) is 11.2. The lowest BCUT2D eigenvalue weighted by Crippen LogP contribution is -2.20. The highest BCUT2D eigenvalue weighted by Gasteiger charge is 2.38. The Morgan fingerprint density at radius 2 is 2.10 bits per heavy atom. The van der Waals surface area contributed by atoms with Crippen molar-refractivity contribution in [2.45, 2.75) is 46.6 Å².